The van der Waals surface area contributed by atoms with Crippen molar-refractivity contribution in [3.8, 4) is 5.75 Å². The van der Waals surface area contributed by atoms with Crippen LogP contribution in [0.1, 0.15) is 11.6 Å². The molecule has 0 aliphatic rings. The molecule has 0 heterocycles. The highest BCUT2D eigenvalue weighted by atomic mass is 32.2. The van der Waals surface area contributed by atoms with Crippen LogP contribution in [0.25, 0.3) is 0 Å². The van der Waals surface area contributed by atoms with Crippen LogP contribution in [-0.4, -0.2) is 44.2 Å². The molecule has 1 rings (SSSR count). The van der Waals surface area contributed by atoms with E-state index in [-0.39, 0.29) is 6.04 Å². The first kappa shape index (κ1) is 14.4. The van der Waals surface area contributed by atoms with Gasteiger partial charge in [0, 0.05) is 24.4 Å². The molecule has 4 heteroatoms. The summed E-state index contributed by atoms with van der Waals surface area (Å²) >= 11 is 1.85. The Hall–Kier alpha value is -0.710. The van der Waals surface area contributed by atoms with Crippen LogP contribution in [0.3, 0.4) is 0 Å². The minimum absolute atomic E-state index is 0.221. The van der Waals surface area contributed by atoms with Gasteiger partial charge in [-0.2, -0.15) is 11.8 Å². The van der Waals surface area contributed by atoms with Crippen LogP contribution < -0.4 is 10.5 Å². The van der Waals surface area contributed by atoms with E-state index in [9.17, 15) is 0 Å². The number of nitrogens with zero attached hydrogens (tertiary/aromatic N) is 1. The Balaban J connectivity index is 2.84. The van der Waals surface area contributed by atoms with Gasteiger partial charge < -0.3 is 10.5 Å². The molecule has 0 radical (unpaired) electrons. The highest BCUT2D eigenvalue weighted by molar-refractivity contribution is 7.98. The first-order valence-corrected chi connectivity index (χ1v) is 7.16. The number of methoxy groups -OCH3 is 1. The highest BCUT2D eigenvalue weighted by Crippen LogP contribution is 2.27. The van der Waals surface area contributed by atoms with Crippen LogP contribution in [-0.2, 0) is 0 Å². The summed E-state index contributed by atoms with van der Waals surface area (Å²) in [7, 11) is 3.81. The summed E-state index contributed by atoms with van der Waals surface area (Å²) in [6, 6.07) is 8.31. The lowest BCUT2D eigenvalue weighted by atomic mass is 10.0. The predicted molar refractivity (Wildman–Crippen MR) is 75.8 cm³/mol. The van der Waals surface area contributed by atoms with Crippen molar-refractivity contribution in [3.63, 3.8) is 0 Å². The molecule has 3 nitrogen and oxygen atoms in total. The number of likely N-dealkylation sites (N-methyl/N-ethyl adjacent to an activating group) is 1. The molecule has 1 aromatic rings. The summed E-state index contributed by atoms with van der Waals surface area (Å²) in [5.41, 5.74) is 7.06. The number of thioether (sulfide) groups is 1. The SMILES string of the molecule is COc1ccccc1C(CN)N(C)CCSC. The van der Waals surface area contributed by atoms with Gasteiger partial charge in [-0.1, -0.05) is 18.2 Å². The molecule has 1 atom stereocenters. The Morgan fingerprint density at radius 1 is 1.41 bits per heavy atom. The molecule has 0 saturated carbocycles. The molecule has 0 aromatic heterocycles. The van der Waals surface area contributed by atoms with E-state index in [4.69, 9.17) is 10.5 Å². The van der Waals surface area contributed by atoms with Crippen molar-refractivity contribution < 1.29 is 4.74 Å². The Bertz CT molecular complexity index is 333. The van der Waals surface area contributed by atoms with Gasteiger partial charge in [0.1, 0.15) is 5.75 Å². The fraction of sp³-hybridized carbons (Fsp3) is 0.538. The van der Waals surface area contributed by atoms with Gasteiger partial charge in [0.25, 0.3) is 0 Å². The number of para-hydroxylation sites is 1. The van der Waals surface area contributed by atoms with E-state index < -0.39 is 0 Å². The van der Waals surface area contributed by atoms with Crippen molar-refractivity contribution in [2.45, 2.75) is 6.04 Å². The zero-order chi connectivity index (χ0) is 12.7. The van der Waals surface area contributed by atoms with Crippen LogP contribution >= 0.6 is 11.8 Å². The minimum Gasteiger partial charge on any atom is -0.496 e. The Kier molecular flexibility index (Phi) is 6.40. The third-order valence-corrected chi connectivity index (χ3v) is 3.49. The summed E-state index contributed by atoms with van der Waals surface area (Å²) in [6.45, 7) is 1.63. The average Bonchev–Trinajstić information content (AvgIpc) is 2.37. The third kappa shape index (κ3) is 3.91. The quantitative estimate of drug-likeness (QED) is 0.807. The summed E-state index contributed by atoms with van der Waals surface area (Å²) in [5.74, 6) is 2.03. The number of benzene rings is 1. The molecule has 0 aliphatic carbocycles. The van der Waals surface area contributed by atoms with Gasteiger partial charge in [-0.25, -0.2) is 0 Å². The van der Waals surface area contributed by atoms with Crippen LogP contribution in [0.15, 0.2) is 24.3 Å². The number of nitrogens with two attached hydrogens (primary N) is 1. The fourth-order valence-corrected chi connectivity index (χ4v) is 2.35. The molecule has 0 fully saturated rings. The maximum absolute atomic E-state index is 5.90. The van der Waals surface area contributed by atoms with E-state index in [1.54, 1.807) is 7.11 Å². The van der Waals surface area contributed by atoms with Gasteiger partial charge in [-0.3, -0.25) is 4.90 Å². The van der Waals surface area contributed by atoms with Gasteiger partial charge in [-0.15, -0.1) is 0 Å². The van der Waals surface area contributed by atoms with Gasteiger partial charge in [-0.05, 0) is 19.4 Å². The van der Waals surface area contributed by atoms with E-state index in [0.29, 0.717) is 6.54 Å². The van der Waals surface area contributed by atoms with Crippen molar-refractivity contribution in [2.75, 3.05) is 39.3 Å². The zero-order valence-corrected chi connectivity index (χ0v) is 11.7. The van der Waals surface area contributed by atoms with E-state index in [2.05, 4.69) is 24.3 Å². The number of hydrogen-bond acceptors (Lipinski definition) is 4. The molecule has 0 aliphatic heterocycles. The number of ether oxygens (including phenoxy) is 1. The lowest BCUT2D eigenvalue weighted by molar-refractivity contribution is 0.258. The molecule has 1 unspecified atom stereocenters. The maximum Gasteiger partial charge on any atom is 0.123 e. The van der Waals surface area contributed by atoms with E-state index >= 15 is 0 Å². The molecule has 0 spiro atoms. The second-order valence-electron chi connectivity index (χ2n) is 3.97. The van der Waals surface area contributed by atoms with E-state index in [1.165, 1.54) is 5.56 Å². The van der Waals surface area contributed by atoms with Crippen molar-refractivity contribution in [1.29, 1.82) is 0 Å². The Labute approximate surface area is 108 Å². The molecular weight excluding hydrogens is 232 g/mol. The Morgan fingerprint density at radius 3 is 2.71 bits per heavy atom. The first-order valence-electron chi connectivity index (χ1n) is 5.76. The molecule has 17 heavy (non-hydrogen) atoms. The van der Waals surface area contributed by atoms with E-state index in [0.717, 1.165) is 18.0 Å². The lowest BCUT2D eigenvalue weighted by Crippen LogP contribution is -2.32. The molecular formula is C13H22N2OS. The molecule has 0 bridgehead atoms. The van der Waals surface area contributed by atoms with E-state index in [1.807, 2.05) is 30.0 Å². The summed E-state index contributed by atoms with van der Waals surface area (Å²) in [6.07, 6.45) is 2.12. The first-order chi connectivity index (χ1) is 8.24. The molecule has 1 aromatic carbocycles. The number of hydrogen-bond donors (Lipinski definition) is 1. The van der Waals surface area contributed by atoms with Crippen molar-refractivity contribution >= 4 is 11.8 Å². The summed E-state index contributed by atoms with van der Waals surface area (Å²) < 4.78 is 5.40. The van der Waals surface area contributed by atoms with Crippen molar-refractivity contribution in [3.05, 3.63) is 29.8 Å². The average molecular weight is 254 g/mol. The zero-order valence-electron chi connectivity index (χ0n) is 10.8. The summed E-state index contributed by atoms with van der Waals surface area (Å²) in [5, 5.41) is 0. The second kappa shape index (κ2) is 7.58. The topological polar surface area (TPSA) is 38.5 Å². The molecule has 2 N–H and O–H groups in total. The number of rotatable bonds is 7. The Morgan fingerprint density at radius 2 is 2.12 bits per heavy atom. The van der Waals surface area contributed by atoms with Gasteiger partial charge in [0.05, 0.1) is 13.2 Å². The van der Waals surface area contributed by atoms with Gasteiger partial charge in [0.15, 0.2) is 0 Å². The monoisotopic (exact) mass is 254 g/mol. The maximum atomic E-state index is 5.90. The van der Waals surface area contributed by atoms with Crippen LogP contribution in [0.2, 0.25) is 0 Å². The highest BCUT2D eigenvalue weighted by Gasteiger charge is 2.18. The normalized spacial score (nSPS) is 12.8. The predicted octanol–water partition coefficient (Wildman–Crippen LogP) is 1.99. The molecule has 0 saturated heterocycles. The molecule has 96 valence electrons. The van der Waals surface area contributed by atoms with Crippen molar-refractivity contribution in [2.24, 2.45) is 5.73 Å². The lowest BCUT2D eigenvalue weighted by Gasteiger charge is -2.28. The molecule has 0 amide bonds. The smallest absolute Gasteiger partial charge is 0.123 e. The fourth-order valence-electron chi connectivity index (χ4n) is 1.88. The largest absolute Gasteiger partial charge is 0.496 e. The summed E-state index contributed by atoms with van der Waals surface area (Å²) in [4.78, 5) is 2.29. The second-order valence-corrected chi connectivity index (χ2v) is 4.95. The standard InChI is InChI=1S/C13H22N2OS/c1-15(8-9-17-3)12(10-14)11-6-4-5-7-13(11)16-2/h4-7,12H,8-10,14H2,1-3H3. The third-order valence-electron chi connectivity index (χ3n) is 2.90. The van der Waals surface area contributed by atoms with Crippen LogP contribution in [0.4, 0.5) is 0 Å². The van der Waals surface area contributed by atoms with Crippen LogP contribution in [0.5, 0.6) is 5.75 Å². The van der Waals surface area contributed by atoms with Gasteiger partial charge in [0.2, 0.25) is 0 Å². The van der Waals surface area contributed by atoms with Crippen molar-refractivity contribution in [1.82, 2.24) is 4.90 Å². The van der Waals surface area contributed by atoms with Gasteiger partial charge >= 0.3 is 0 Å². The van der Waals surface area contributed by atoms with Crippen LogP contribution in [0, 0.1) is 0 Å². The minimum atomic E-state index is 0.221.